The Morgan fingerprint density at radius 2 is 0.967 bits per heavy atom. The number of carbonyl (C=O) groups excluding carboxylic acids is 1. The minimum atomic E-state index is -1.66. The summed E-state index contributed by atoms with van der Waals surface area (Å²) in [7, 11) is 0. The van der Waals surface area contributed by atoms with Crippen molar-refractivity contribution in [1.29, 1.82) is 0 Å². The van der Waals surface area contributed by atoms with E-state index < -0.39 is 74.2 Å². The summed E-state index contributed by atoms with van der Waals surface area (Å²) in [6.07, 6.45) is 34.2. The lowest BCUT2D eigenvalue weighted by Gasteiger charge is -2.40. The van der Waals surface area contributed by atoms with Crippen molar-refractivity contribution in [3.63, 3.8) is 0 Å². The number of hydrogen-bond acceptors (Lipinski definition) is 10. The Kier molecular flexibility index (Phi) is 37.9. The van der Waals surface area contributed by atoms with Gasteiger partial charge < -0.3 is 50.5 Å². The molecule has 0 bridgehead atoms. The fourth-order valence-corrected chi connectivity index (χ4v) is 8.02. The van der Waals surface area contributed by atoms with Gasteiger partial charge in [-0.05, 0) is 64.2 Å². The zero-order chi connectivity index (χ0) is 44.8. The van der Waals surface area contributed by atoms with E-state index in [1.54, 1.807) is 0 Å². The molecule has 1 heterocycles. The van der Waals surface area contributed by atoms with Crippen LogP contribution in [0.3, 0.4) is 0 Å². The van der Waals surface area contributed by atoms with Gasteiger partial charge in [-0.3, -0.25) is 4.79 Å². The van der Waals surface area contributed by atoms with E-state index >= 15 is 0 Å². The lowest BCUT2D eigenvalue weighted by atomic mass is 9.98. The molecular weight excluding hydrogens is 775 g/mol. The van der Waals surface area contributed by atoms with E-state index in [4.69, 9.17) is 9.47 Å². The number of aliphatic hydroxyl groups excluding tert-OH is 7. The summed E-state index contributed by atoms with van der Waals surface area (Å²) >= 11 is 0. The quantitative estimate of drug-likeness (QED) is 0.0217. The van der Waals surface area contributed by atoms with Crippen LogP contribution in [0.25, 0.3) is 0 Å². The summed E-state index contributed by atoms with van der Waals surface area (Å²) in [5.74, 6) is -0.709. The van der Waals surface area contributed by atoms with Crippen LogP contribution >= 0.6 is 0 Å². The number of hydrogen-bond donors (Lipinski definition) is 8. The molecule has 61 heavy (non-hydrogen) atoms. The number of unbranched alkanes of at least 4 members (excludes halogenated alkanes) is 26. The predicted octanol–water partition coefficient (Wildman–Crippen LogP) is 9.01. The zero-order valence-electron chi connectivity index (χ0n) is 38.9. The van der Waals surface area contributed by atoms with E-state index in [-0.39, 0.29) is 12.8 Å². The molecule has 9 atom stereocenters. The average molecular weight is 870 g/mol. The van der Waals surface area contributed by atoms with Crippen molar-refractivity contribution in [2.45, 2.75) is 274 Å². The average Bonchev–Trinajstić information content (AvgIpc) is 3.26. The maximum Gasteiger partial charge on any atom is 0.249 e. The van der Waals surface area contributed by atoms with Gasteiger partial charge >= 0.3 is 0 Å². The van der Waals surface area contributed by atoms with Gasteiger partial charge in [-0.2, -0.15) is 0 Å². The van der Waals surface area contributed by atoms with E-state index in [0.29, 0.717) is 12.8 Å². The van der Waals surface area contributed by atoms with Gasteiger partial charge in [-0.25, -0.2) is 0 Å². The first kappa shape index (κ1) is 57.6. The molecule has 1 amide bonds. The molecule has 1 fully saturated rings. The maximum absolute atomic E-state index is 13.1. The van der Waals surface area contributed by atoms with Gasteiger partial charge in [0.15, 0.2) is 6.29 Å². The molecule has 0 aromatic rings. The summed E-state index contributed by atoms with van der Waals surface area (Å²) in [5.41, 5.74) is 0. The second-order valence-electron chi connectivity index (χ2n) is 17.9. The van der Waals surface area contributed by atoms with Gasteiger partial charge in [0.1, 0.15) is 36.6 Å². The second kappa shape index (κ2) is 40.1. The Hall–Kier alpha value is -1.41. The smallest absolute Gasteiger partial charge is 0.249 e. The third-order valence-electron chi connectivity index (χ3n) is 12.2. The van der Waals surface area contributed by atoms with Gasteiger partial charge in [0.05, 0.1) is 25.4 Å². The molecule has 11 nitrogen and oxygen atoms in total. The minimum absolute atomic E-state index is 0.253. The molecule has 1 rings (SSSR count). The molecular formula is C50H95NO10. The molecule has 360 valence electrons. The van der Waals surface area contributed by atoms with Crippen molar-refractivity contribution in [3.8, 4) is 0 Å². The Morgan fingerprint density at radius 3 is 1.44 bits per heavy atom. The number of amides is 1. The first-order valence-corrected chi connectivity index (χ1v) is 25.2. The highest BCUT2D eigenvalue weighted by Crippen LogP contribution is 2.23. The second-order valence-corrected chi connectivity index (χ2v) is 17.9. The normalized spacial score (nSPS) is 21.6. The molecule has 0 aliphatic carbocycles. The first-order chi connectivity index (χ1) is 29.7. The predicted molar refractivity (Wildman–Crippen MR) is 247 cm³/mol. The molecule has 8 N–H and O–H groups in total. The van der Waals surface area contributed by atoms with Crippen molar-refractivity contribution in [3.05, 3.63) is 24.3 Å². The van der Waals surface area contributed by atoms with E-state index in [1.165, 1.54) is 135 Å². The van der Waals surface area contributed by atoms with Crippen molar-refractivity contribution >= 4 is 5.91 Å². The fourth-order valence-electron chi connectivity index (χ4n) is 8.02. The number of ether oxygens (including phenoxy) is 2. The third kappa shape index (κ3) is 29.6. The van der Waals surface area contributed by atoms with E-state index in [2.05, 4.69) is 43.5 Å². The van der Waals surface area contributed by atoms with Crippen LogP contribution in [0.5, 0.6) is 0 Å². The highest BCUT2D eigenvalue weighted by molar-refractivity contribution is 5.80. The summed E-state index contributed by atoms with van der Waals surface area (Å²) in [4.78, 5) is 13.1. The monoisotopic (exact) mass is 870 g/mol. The highest BCUT2D eigenvalue weighted by Gasteiger charge is 2.44. The van der Waals surface area contributed by atoms with Gasteiger partial charge in [0.25, 0.3) is 0 Å². The molecule has 1 aliphatic heterocycles. The number of nitrogens with one attached hydrogen (secondary N) is 1. The Labute approximate surface area is 372 Å². The lowest BCUT2D eigenvalue weighted by molar-refractivity contribution is -0.303. The minimum Gasteiger partial charge on any atom is -0.394 e. The summed E-state index contributed by atoms with van der Waals surface area (Å²) in [5, 5.41) is 75.4. The molecule has 1 aliphatic rings. The number of allylic oxidation sites excluding steroid dienone is 4. The van der Waals surface area contributed by atoms with Crippen LogP contribution < -0.4 is 5.32 Å². The number of carbonyl (C=O) groups is 1. The van der Waals surface area contributed by atoms with E-state index in [9.17, 15) is 40.5 Å². The van der Waals surface area contributed by atoms with Crippen LogP contribution in [0.15, 0.2) is 24.3 Å². The van der Waals surface area contributed by atoms with Gasteiger partial charge in [-0.1, -0.05) is 179 Å². The Morgan fingerprint density at radius 1 is 0.557 bits per heavy atom. The van der Waals surface area contributed by atoms with Gasteiger partial charge in [-0.15, -0.1) is 0 Å². The molecule has 11 heteroatoms. The molecule has 0 spiro atoms. The Bertz CT molecular complexity index is 1040. The van der Waals surface area contributed by atoms with Crippen molar-refractivity contribution in [2.24, 2.45) is 0 Å². The third-order valence-corrected chi connectivity index (χ3v) is 12.2. The van der Waals surface area contributed by atoms with Gasteiger partial charge in [0.2, 0.25) is 5.91 Å². The lowest BCUT2D eigenvalue weighted by Crippen LogP contribution is -2.60. The van der Waals surface area contributed by atoms with Crippen LogP contribution in [0.2, 0.25) is 0 Å². The standard InChI is InChI=1S/C50H95NO10/c1-3-5-7-9-11-13-14-15-16-17-18-19-20-21-22-23-24-25-26-27-28-29-30-32-34-36-38-43(54)49(59)51-41(40-60-50-48(58)47(57)46(56)44(39-52)61-50)45(55)42(53)37-35-33-31-12-10-8-6-4-2/h12,21-22,31,41-48,50,52-58H,3-11,13-20,23-30,32-40H2,1-2H3,(H,51,59)/b22-21-,31-12+. The van der Waals surface area contributed by atoms with Crippen LogP contribution in [-0.4, -0.2) is 110 Å². The van der Waals surface area contributed by atoms with Crippen LogP contribution in [0.1, 0.15) is 219 Å². The Balaban J connectivity index is 2.26. The molecule has 1 saturated heterocycles. The molecule has 0 saturated carbocycles. The fraction of sp³-hybridized carbons (Fsp3) is 0.900. The van der Waals surface area contributed by atoms with Crippen LogP contribution in [-0.2, 0) is 14.3 Å². The number of aliphatic hydroxyl groups is 7. The van der Waals surface area contributed by atoms with Crippen molar-refractivity contribution in [1.82, 2.24) is 5.32 Å². The topological polar surface area (TPSA) is 189 Å². The zero-order valence-corrected chi connectivity index (χ0v) is 38.9. The molecule has 9 unspecified atom stereocenters. The van der Waals surface area contributed by atoms with Crippen molar-refractivity contribution in [2.75, 3.05) is 13.2 Å². The van der Waals surface area contributed by atoms with Crippen LogP contribution in [0, 0.1) is 0 Å². The maximum atomic E-state index is 13.1. The largest absolute Gasteiger partial charge is 0.394 e. The SMILES string of the molecule is CCCCC/C=C/CCCC(O)C(O)C(COC1OC(CO)C(O)C(O)C1O)NC(=O)C(O)CCCCCCCCCCCC/C=C\CCCCCCCCCCCCCC. The molecule has 0 aromatic heterocycles. The van der Waals surface area contributed by atoms with E-state index in [1.807, 2.05) is 0 Å². The molecule has 0 radical (unpaired) electrons. The molecule has 0 aromatic carbocycles. The van der Waals surface area contributed by atoms with Crippen molar-refractivity contribution < 1.29 is 50.0 Å². The summed E-state index contributed by atoms with van der Waals surface area (Å²) in [6, 6.07) is -1.18. The number of rotatable bonds is 42. The highest BCUT2D eigenvalue weighted by atomic mass is 16.7. The van der Waals surface area contributed by atoms with Crippen LogP contribution in [0.4, 0.5) is 0 Å². The van der Waals surface area contributed by atoms with Gasteiger partial charge in [0, 0.05) is 0 Å². The first-order valence-electron chi connectivity index (χ1n) is 25.2. The summed E-state index contributed by atoms with van der Waals surface area (Å²) in [6.45, 7) is 3.37. The summed E-state index contributed by atoms with van der Waals surface area (Å²) < 4.78 is 11.0. The van der Waals surface area contributed by atoms with E-state index in [0.717, 1.165) is 44.9 Å².